The van der Waals surface area contributed by atoms with Crippen LogP contribution in [0.1, 0.15) is 16.7 Å². The Morgan fingerprint density at radius 3 is 2.42 bits per heavy atom. The van der Waals surface area contributed by atoms with Crippen LogP contribution in [0.2, 0.25) is 0 Å². The van der Waals surface area contributed by atoms with Crippen LogP contribution in [0.15, 0.2) is 48.5 Å². The normalized spacial score (nSPS) is 12.2. The average Bonchev–Trinajstić information content (AvgIpc) is 2.42. The van der Waals surface area contributed by atoms with Crippen LogP contribution in [0.5, 0.6) is 5.75 Å². The Bertz CT molecular complexity index is 520. The lowest BCUT2D eigenvalue weighted by molar-refractivity contribution is 0.108. The zero-order valence-electron chi connectivity index (χ0n) is 11.5. The van der Waals surface area contributed by atoms with Crippen molar-refractivity contribution in [3.63, 3.8) is 0 Å². The number of benzene rings is 2. The van der Waals surface area contributed by atoms with Gasteiger partial charge in [0.1, 0.15) is 12.4 Å². The SMILES string of the molecule is Cc1ccc(CC(O)COc2ccccc2)cc1C. The molecule has 0 aliphatic rings. The number of aliphatic hydroxyl groups excluding tert-OH is 1. The Morgan fingerprint density at radius 2 is 1.74 bits per heavy atom. The Hall–Kier alpha value is -1.80. The van der Waals surface area contributed by atoms with Crippen molar-refractivity contribution < 1.29 is 9.84 Å². The molecule has 0 bridgehead atoms. The fraction of sp³-hybridized carbons (Fsp3) is 0.294. The van der Waals surface area contributed by atoms with Gasteiger partial charge in [0.05, 0.1) is 6.10 Å². The van der Waals surface area contributed by atoms with E-state index in [1.165, 1.54) is 11.1 Å². The first-order chi connectivity index (χ1) is 9.15. The molecule has 1 N–H and O–H groups in total. The molecule has 19 heavy (non-hydrogen) atoms. The van der Waals surface area contributed by atoms with Gasteiger partial charge in [-0.05, 0) is 42.7 Å². The number of hydrogen-bond acceptors (Lipinski definition) is 2. The van der Waals surface area contributed by atoms with Crippen LogP contribution < -0.4 is 4.74 Å². The maximum absolute atomic E-state index is 10.00. The van der Waals surface area contributed by atoms with Gasteiger partial charge >= 0.3 is 0 Å². The first-order valence-electron chi connectivity index (χ1n) is 6.57. The predicted molar refractivity (Wildman–Crippen MR) is 77.6 cm³/mol. The van der Waals surface area contributed by atoms with E-state index in [0.29, 0.717) is 13.0 Å². The highest BCUT2D eigenvalue weighted by atomic mass is 16.5. The number of rotatable bonds is 5. The van der Waals surface area contributed by atoms with Crippen molar-refractivity contribution in [2.75, 3.05) is 6.61 Å². The molecule has 2 aromatic rings. The lowest BCUT2D eigenvalue weighted by Crippen LogP contribution is -2.20. The van der Waals surface area contributed by atoms with Crippen molar-refractivity contribution in [2.24, 2.45) is 0 Å². The minimum atomic E-state index is -0.484. The summed E-state index contributed by atoms with van der Waals surface area (Å²) in [4.78, 5) is 0. The number of para-hydroxylation sites is 1. The predicted octanol–water partition coefficient (Wildman–Crippen LogP) is 3.29. The van der Waals surface area contributed by atoms with Crippen LogP contribution in [0.4, 0.5) is 0 Å². The van der Waals surface area contributed by atoms with Crippen LogP contribution in [-0.4, -0.2) is 17.8 Å². The molecule has 2 aromatic carbocycles. The van der Waals surface area contributed by atoms with E-state index in [2.05, 4.69) is 32.0 Å². The molecule has 0 saturated heterocycles. The molecule has 2 heteroatoms. The Balaban J connectivity index is 1.87. The first-order valence-corrected chi connectivity index (χ1v) is 6.57. The fourth-order valence-electron chi connectivity index (χ4n) is 1.97. The summed E-state index contributed by atoms with van der Waals surface area (Å²) in [7, 11) is 0. The van der Waals surface area contributed by atoms with Gasteiger partial charge in [-0.3, -0.25) is 0 Å². The zero-order valence-corrected chi connectivity index (χ0v) is 11.5. The van der Waals surface area contributed by atoms with Crippen LogP contribution in [-0.2, 0) is 6.42 Å². The maximum Gasteiger partial charge on any atom is 0.119 e. The summed E-state index contributed by atoms with van der Waals surface area (Å²) in [6, 6.07) is 15.9. The highest BCUT2D eigenvalue weighted by molar-refractivity contribution is 5.30. The van der Waals surface area contributed by atoms with E-state index in [-0.39, 0.29) is 0 Å². The fourth-order valence-corrected chi connectivity index (χ4v) is 1.97. The number of aliphatic hydroxyl groups is 1. The zero-order chi connectivity index (χ0) is 13.7. The molecule has 2 nitrogen and oxygen atoms in total. The van der Waals surface area contributed by atoms with Crippen LogP contribution >= 0.6 is 0 Å². The Labute approximate surface area is 114 Å². The van der Waals surface area contributed by atoms with E-state index in [4.69, 9.17) is 4.74 Å². The van der Waals surface area contributed by atoms with Crippen molar-refractivity contribution in [3.8, 4) is 5.75 Å². The molecular weight excluding hydrogens is 236 g/mol. The van der Waals surface area contributed by atoms with Gasteiger partial charge in [0.15, 0.2) is 0 Å². The van der Waals surface area contributed by atoms with Gasteiger partial charge in [-0.1, -0.05) is 36.4 Å². The van der Waals surface area contributed by atoms with Gasteiger partial charge < -0.3 is 9.84 Å². The number of aryl methyl sites for hydroxylation is 2. The minimum Gasteiger partial charge on any atom is -0.491 e. The quantitative estimate of drug-likeness (QED) is 0.889. The lowest BCUT2D eigenvalue weighted by atomic mass is 10.0. The molecule has 0 amide bonds. The summed E-state index contributed by atoms with van der Waals surface area (Å²) in [5.74, 6) is 0.793. The second kappa shape index (κ2) is 6.39. The first kappa shape index (κ1) is 13.6. The highest BCUT2D eigenvalue weighted by Crippen LogP contribution is 2.13. The maximum atomic E-state index is 10.00. The van der Waals surface area contributed by atoms with E-state index in [0.717, 1.165) is 11.3 Å². The van der Waals surface area contributed by atoms with E-state index in [9.17, 15) is 5.11 Å². The van der Waals surface area contributed by atoms with E-state index < -0.39 is 6.10 Å². The van der Waals surface area contributed by atoms with Gasteiger partial charge in [0.25, 0.3) is 0 Å². The van der Waals surface area contributed by atoms with Crippen LogP contribution in [0.3, 0.4) is 0 Å². The molecule has 2 rings (SSSR count). The van der Waals surface area contributed by atoms with Gasteiger partial charge in [0, 0.05) is 6.42 Å². The highest BCUT2D eigenvalue weighted by Gasteiger charge is 2.07. The van der Waals surface area contributed by atoms with Crippen molar-refractivity contribution in [3.05, 3.63) is 65.2 Å². The smallest absolute Gasteiger partial charge is 0.119 e. The summed E-state index contributed by atoms with van der Waals surface area (Å²) in [5, 5.41) is 10.00. The molecule has 0 saturated carbocycles. The molecular formula is C17H20O2. The summed E-state index contributed by atoms with van der Waals surface area (Å²) in [6.07, 6.45) is 0.135. The van der Waals surface area contributed by atoms with Crippen LogP contribution in [0, 0.1) is 13.8 Å². The largest absolute Gasteiger partial charge is 0.491 e. The molecule has 0 aromatic heterocycles. The van der Waals surface area contributed by atoms with Gasteiger partial charge in [-0.15, -0.1) is 0 Å². The Kier molecular flexibility index (Phi) is 4.58. The second-order valence-corrected chi connectivity index (χ2v) is 4.90. The molecule has 100 valence electrons. The average molecular weight is 256 g/mol. The summed E-state index contributed by atoms with van der Waals surface area (Å²) >= 11 is 0. The number of hydrogen-bond donors (Lipinski definition) is 1. The molecule has 1 atom stereocenters. The third-order valence-corrected chi connectivity index (χ3v) is 3.23. The van der Waals surface area contributed by atoms with Gasteiger partial charge in [-0.25, -0.2) is 0 Å². The Morgan fingerprint density at radius 1 is 1.00 bits per heavy atom. The van der Waals surface area contributed by atoms with Crippen molar-refractivity contribution in [2.45, 2.75) is 26.4 Å². The molecule has 0 aliphatic heterocycles. The summed E-state index contributed by atoms with van der Waals surface area (Å²) in [6.45, 7) is 4.50. The molecule has 0 radical (unpaired) electrons. The topological polar surface area (TPSA) is 29.5 Å². The molecule has 0 aliphatic carbocycles. The van der Waals surface area contributed by atoms with E-state index >= 15 is 0 Å². The summed E-state index contributed by atoms with van der Waals surface area (Å²) < 4.78 is 5.54. The van der Waals surface area contributed by atoms with Crippen LogP contribution in [0.25, 0.3) is 0 Å². The molecule has 0 heterocycles. The second-order valence-electron chi connectivity index (χ2n) is 4.90. The molecule has 0 spiro atoms. The van der Waals surface area contributed by atoms with Crippen molar-refractivity contribution >= 4 is 0 Å². The van der Waals surface area contributed by atoms with Crippen molar-refractivity contribution in [1.29, 1.82) is 0 Å². The third-order valence-electron chi connectivity index (χ3n) is 3.23. The third kappa shape index (κ3) is 4.11. The van der Waals surface area contributed by atoms with E-state index in [1.54, 1.807) is 0 Å². The standard InChI is InChI=1S/C17H20O2/c1-13-8-9-15(10-14(13)2)11-16(18)12-19-17-6-4-3-5-7-17/h3-10,16,18H,11-12H2,1-2H3. The monoisotopic (exact) mass is 256 g/mol. The number of ether oxygens (including phenoxy) is 1. The van der Waals surface area contributed by atoms with Gasteiger partial charge in [-0.2, -0.15) is 0 Å². The molecule has 0 fully saturated rings. The van der Waals surface area contributed by atoms with Gasteiger partial charge in [0.2, 0.25) is 0 Å². The van der Waals surface area contributed by atoms with Crippen molar-refractivity contribution in [1.82, 2.24) is 0 Å². The van der Waals surface area contributed by atoms with E-state index in [1.807, 2.05) is 30.3 Å². The minimum absolute atomic E-state index is 0.316. The lowest BCUT2D eigenvalue weighted by Gasteiger charge is -2.13. The molecule has 1 unspecified atom stereocenters. The summed E-state index contributed by atoms with van der Waals surface area (Å²) in [5.41, 5.74) is 3.68.